The lowest BCUT2D eigenvalue weighted by atomic mass is 9.98. The van der Waals surface area contributed by atoms with Gasteiger partial charge in [0.05, 0.1) is 0 Å². The highest BCUT2D eigenvalue weighted by Gasteiger charge is 2.25. The van der Waals surface area contributed by atoms with Crippen molar-refractivity contribution in [2.45, 2.75) is 45.2 Å². The van der Waals surface area contributed by atoms with Gasteiger partial charge in [-0.15, -0.1) is 0 Å². The molecule has 0 spiro atoms. The number of hydrogen-bond donors (Lipinski definition) is 1. The van der Waals surface area contributed by atoms with Gasteiger partial charge in [-0.1, -0.05) is 6.92 Å². The van der Waals surface area contributed by atoms with E-state index < -0.39 is 0 Å². The fourth-order valence-electron chi connectivity index (χ4n) is 2.73. The van der Waals surface area contributed by atoms with Crippen molar-refractivity contribution in [2.75, 3.05) is 13.1 Å². The summed E-state index contributed by atoms with van der Waals surface area (Å²) in [6.45, 7) is 7.98. The molecule has 1 aliphatic heterocycles. The van der Waals surface area contributed by atoms with Crippen LogP contribution in [0.5, 0.6) is 0 Å². The summed E-state index contributed by atoms with van der Waals surface area (Å²) in [7, 11) is 0. The number of rotatable bonds is 3. The Balaban J connectivity index is 1.93. The maximum Gasteiger partial charge on any atom is 0.223 e. The first-order valence-corrected chi connectivity index (χ1v) is 7.00. The number of nitrogens with one attached hydrogen (secondary N) is 1. The number of carbonyl (C=O) groups is 1. The van der Waals surface area contributed by atoms with Gasteiger partial charge in [0.2, 0.25) is 5.91 Å². The van der Waals surface area contributed by atoms with Crippen LogP contribution >= 0.6 is 0 Å². The van der Waals surface area contributed by atoms with Crippen LogP contribution in [-0.2, 0) is 4.79 Å². The lowest BCUT2D eigenvalue weighted by Crippen LogP contribution is -2.55. The third-order valence-electron chi connectivity index (χ3n) is 3.67. The van der Waals surface area contributed by atoms with Crippen molar-refractivity contribution < 1.29 is 4.79 Å². The average Bonchev–Trinajstić information content (AvgIpc) is 2.38. The Morgan fingerprint density at radius 1 is 1.37 bits per heavy atom. The van der Waals surface area contributed by atoms with E-state index in [1.54, 1.807) is 12.4 Å². The number of piperazine rings is 1. The lowest BCUT2D eigenvalue weighted by molar-refractivity contribution is -0.133. The highest BCUT2D eigenvalue weighted by Crippen LogP contribution is 2.19. The molecule has 1 amide bonds. The Labute approximate surface area is 115 Å². The predicted octanol–water partition coefficient (Wildman–Crippen LogP) is 1.78. The first-order chi connectivity index (χ1) is 9.06. The average molecular weight is 261 g/mol. The minimum absolute atomic E-state index is 0.246. The molecule has 1 aromatic rings. The Hall–Kier alpha value is -1.42. The van der Waals surface area contributed by atoms with Crippen LogP contribution in [-0.4, -0.2) is 41.0 Å². The van der Waals surface area contributed by atoms with Crippen LogP contribution in [0.3, 0.4) is 0 Å². The molecule has 0 aromatic carbocycles. The zero-order valence-corrected chi connectivity index (χ0v) is 12.0. The second kappa shape index (κ2) is 6.15. The van der Waals surface area contributed by atoms with Gasteiger partial charge >= 0.3 is 0 Å². The summed E-state index contributed by atoms with van der Waals surface area (Å²) in [6, 6.07) is 4.73. The molecule has 0 aliphatic carbocycles. The van der Waals surface area contributed by atoms with E-state index >= 15 is 0 Å². The molecule has 0 radical (unpaired) electrons. The van der Waals surface area contributed by atoms with E-state index in [4.69, 9.17) is 0 Å². The molecule has 0 unspecified atom stereocenters. The normalized spacial score (nSPS) is 25.1. The monoisotopic (exact) mass is 261 g/mol. The Bertz CT molecular complexity index is 411. The summed E-state index contributed by atoms with van der Waals surface area (Å²) in [6.07, 6.45) is 4.14. The molecule has 19 heavy (non-hydrogen) atoms. The molecule has 2 rings (SSSR count). The van der Waals surface area contributed by atoms with E-state index in [1.165, 1.54) is 5.56 Å². The topological polar surface area (TPSA) is 45.2 Å². The first-order valence-electron chi connectivity index (χ1n) is 7.00. The quantitative estimate of drug-likeness (QED) is 0.902. The van der Waals surface area contributed by atoms with Gasteiger partial charge in [-0.25, -0.2) is 0 Å². The van der Waals surface area contributed by atoms with Crippen LogP contribution < -0.4 is 5.32 Å². The van der Waals surface area contributed by atoms with Gasteiger partial charge in [0, 0.05) is 44.0 Å². The molecule has 0 saturated carbocycles. The third-order valence-corrected chi connectivity index (χ3v) is 3.67. The van der Waals surface area contributed by atoms with E-state index in [1.807, 2.05) is 17.0 Å². The molecule has 104 valence electrons. The molecule has 1 aromatic heterocycles. The molecule has 0 bridgehead atoms. The SMILES string of the molecule is C[C@@H]1CN(C(=O)C[C@H](C)c2ccncc2)C[C@@H](C)N1. The van der Waals surface area contributed by atoms with Crippen molar-refractivity contribution in [3.63, 3.8) is 0 Å². The number of aromatic nitrogens is 1. The number of carbonyl (C=O) groups excluding carboxylic acids is 1. The van der Waals surface area contributed by atoms with Crippen LogP contribution in [0.15, 0.2) is 24.5 Å². The Kier molecular flexibility index (Phi) is 4.53. The second-order valence-corrected chi connectivity index (χ2v) is 5.65. The molecule has 1 N–H and O–H groups in total. The van der Waals surface area contributed by atoms with Gasteiger partial charge in [-0.3, -0.25) is 9.78 Å². The van der Waals surface area contributed by atoms with Gasteiger partial charge in [0.1, 0.15) is 0 Å². The molecule has 1 fully saturated rings. The van der Waals surface area contributed by atoms with Gasteiger partial charge in [-0.2, -0.15) is 0 Å². The second-order valence-electron chi connectivity index (χ2n) is 5.65. The predicted molar refractivity (Wildman–Crippen MR) is 75.9 cm³/mol. The van der Waals surface area contributed by atoms with E-state index in [-0.39, 0.29) is 11.8 Å². The molecule has 4 nitrogen and oxygen atoms in total. The molecular weight excluding hydrogens is 238 g/mol. The van der Waals surface area contributed by atoms with E-state index in [2.05, 4.69) is 31.1 Å². The summed E-state index contributed by atoms with van der Waals surface area (Å²) in [5, 5.41) is 3.45. The number of amides is 1. The molecule has 3 atom stereocenters. The summed E-state index contributed by atoms with van der Waals surface area (Å²) in [4.78, 5) is 18.4. The fraction of sp³-hybridized carbons (Fsp3) is 0.600. The summed E-state index contributed by atoms with van der Waals surface area (Å²) >= 11 is 0. The van der Waals surface area contributed by atoms with Gasteiger partial charge < -0.3 is 10.2 Å². The largest absolute Gasteiger partial charge is 0.340 e. The van der Waals surface area contributed by atoms with E-state index in [0.717, 1.165) is 13.1 Å². The number of hydrogen-bond acceptors (Lipinski definition) is 3. The summed E-state index contributed by atoms with van der Waals surface area (Å²) in [5.41, 5.74) is 1.18. The first kappa shape index (κ1) is 14.0. The minimum atomic E-state index is 0.246. The highest BCUT2D eigenvalue weighted by molar-refractivity contribution is 5.77. The summed E-state index contributed by atoms with van der Waals surface area (Å²) < 4.78 is 0. The van der Waals surface area contributed by atoms with E-state index in [9.17, 15) is 4.79 Å². The Morgan fingerprint density at radius 3 is 2.53 bits per heavy atom. The van der Waals surface area contributed by atoms with Gasteiger partial charge in [-0.05, 0) is 37.5 Å². The van der Waals surface area contributed by atoms with Crippen LogP contribution in [0.4, 0.5) is 0 Å². The molecule has 4 heteroatoms. The number of nitrogens with zero attached hydrogens (tertiary/aromatic N) is 2. The van der Waals surface area contributed by atoms with Crippen molar-refractivity contribution in [1.82, 2.24) is 15.2 Å². The van der Waals surface area contributed by atoms with Crippen molar-refractivity contribution in [1.29, 1.82) is 0 Å². The maximum absolute atomic E-state index is 12.4. The van der Waals surface area contributed by atoms with Crippen LogP contribution in [0.25, 0.3) is 0 Å². The van der Waals surface area contributed by atoms with Crippen LogP contribution in [0, 0.1) is 0 Å². The maximum atomic E-state index is 12.4. The highest BCUT2D eigenvalue weighted by atomic mass is 16.2. The molecule has 1 saturated heterocycles. The smallest absolute Gasteiger partial charge is 0.223 e. The standard InChI is InChI=1S/C15H23N3O/c1-11(14-4-6-16-7-5-14)8-15(19)18-9-12(2)17-13(3)10-18/h4-7,11-13,17H,8-10H2,1-3H3/t11-,12+,13+/m0/s1. The van der Waals surface area contributed by atoms with Crippen molar-refractivity contribution in [3.05, 3.63) is 30.1 Å². The fourth-order valence-corrected chi connectivity index (χ4v) is 2.73. The zero-order valence-electron chi connectivity index (χ0n) is 12.0. The van der Waals surface area contributed by atoms with Crippen LogP contribution in [0.1, 0.15) is 38.7 Å². The molecule has 2 heterocycles. The van der Waals surface area contributed by atoms with E-state index in [0.29, 0.717) is 18.5 Å². The zero-order chi connectivity index (χ0) is 13.8. The van der Waals surface area contributed by atoms with Crippen molar-refractivity contribution >= 4 is 5.91 Å². The minimum Gasteiger partial charge on any atom is -0.340 e. The van der Waals surface area contributed by atoms with Gasteiger partial charge in [0.15, 0.2) is 0 Å². The third kappa shape index (κ3) is 3.77. The van der Waals surface area contributed by atoms with Crippen molar-refractivity contribution in [3.8, 4) is 0 Å². The Morgan fingerprint density at radius 2 is 1.95 bits per heavy atom. The molecule has 1 aliphatic rings. The van der Waals surface area contributed by atoms with Crippen LogP contribution in [0.2, 0.25) is 0 Å². The summed E-state index contributed by atoms with van der Waals surface area (Å²) in [5.74, 6) is 0.500. The van der Waals surface area contributed by atoms with Crippen molar-refractivity contribution in [2.24, 2.45) is 0 Å². The van der Waals surface area contributed by atoms with Gasteiger partial charge in [0.25, 0.3) is 0 Å². The number of pyridine rings is 1. The molecular formula is C15H23N3O. The lowest BCUT2D eigenvalue weighted by Gasteiger charge is -2.36.